The lowest BCUT2D eigenvalue weighted by Crippen LogP contribution is -2.39. The normalized spacial score (nSPS) is 16.1. The summed E-state index contributed by atoms with van der Waals surface area (Å²) in [6.07, 6.45) is 8.23. The average molecular weight is 438 g/mol. The molecule has 1 aliphatic rings. The molecule has 2 amide bonds. The number of benzene rings is 1. The molecule has 1 aromatic carbocycles. The first kappa shape index (κ1) is 23.3. The van der Waals surface area contributed by atoms with Crippen molar-refractivity contribution in [2.24, 2.45) is 5.92 Å². The fourth-order valence-electron chi connectivity index (χ4n) is 3.85. The molecule has 2 aromatic rings. The van der Waals surface area contributed by atoms with E-state index in [2.05, 4.69) is 10.3 Å². The van der Waals surface area contributed by atoms with Crippen molar-refractivity contribution < 1.29 is 19.1 Å². The highest BCUT2D eigenvalue weighted by Crippen LogP contribution is 2.25. The summed E-state index contributed by atoms with van der Waals surface area (Å²) in [7, 11) is 3.20. The van der Waals surface area contributed by atoms with Crippen LogP contribution in [0, 0.1) is 5.92 Å². The predicted octanol–water partition coefficient (Wildman–Crippen LogP) is 3.45. The Morgan fingerprint density at radius 2 is 2.09 bits per heavy atom. The summed E-state index contributed by atoms with van der Waals surface area (Å²) in [4.78, 5) is 31.0. The van der Waals surface area contributed by atoms with Crippen molar-refractivity contribution in [1.82, 2.24) is 15.2 Å². The Labute approximate surface area is 189 Å². The Morgan fingerprint density at radius 3 is 2.84 bits per heavy atom. The van der Waals surface area contributed by atoms with Gasteiger partial charge in [-0.15, -0.1) is 0 Å². The van der Waals surface area contributed by atoms with Crippen molar-refractivity contribution in [1.29, 1.82) is 0 Å². The first-order valence-electron chi connectivity index (χ1n) is 10.9. The SMILES string of the molecule is COc1ccc(CNC(=O)CCC2CCCN(C(=O)/C=C/c3ccccn3)C2)c(OC)c1. The molecule has 0 aliphatic carbocycles. The van der Waals surface area contributed by atoms with E-state index in [0.717, 1.165) is 37.1 Å². The standard InChI is InChI=1S/C25H31N3O4/c1-31-22-11-9-20(23(16-22)32-2)17-27-24(29)12-8-19-6-5-15-28(18-19)25(30)13-10-21-7-3-4-14-26-21/h3-4,7,9-11,13-14,16,19H,5-6,8,12,15,17-18H2,1-2H3,(H,27,29)/b13-10+. The molecule has 2 heterocycles. The second-order valence-corrected chi connectivity index (χ2v) is 7.87. The zero-order valence-electron chi connectivity index (χ0n) is 18.8. The van der Waals surface area contributed by atoms with E-state index in [0.29, 0.717) is 36.9 Å². The monoisotopic (exact) mass is 437 g/mol. The number of carbonyl (C=O) groups is 2. The molecule has 1 saturated heterocycles. The van der Waals surface area contributed by atoms with Gasteiger partial charge in [0.2, 0.25) is 11.8 Å². The number of nitrogens with zero attached hydrogens (tertiary/aromatic N) is 2. The van der Waals surface area contributed by atoms with Gasteiger partial charge in [0, 0.05) is 50.0 Å². The van der Waals surface area contributed by atoms with Crippen molar-refractivity contribution in [3.63, 3.8) is 0 Å². The van der Waals surface area contributed by atoms with E-state index < -0.39 is 0 Å². The van der Waals surface area contributed by atoms with Crippen LogP contribution < -0.4 is 14.8 Å². The summed E-state index contributed by atoms with van der Waals surface area (Å²) in [6.45, 7) is 1.84. The van der Waals surface area contributed by atoms with Crippen LogP contribution in [0.1, 0.15) is 36.9 Å². The van der Waals surface area contributed by atoms with E-state index in [9.17, 15) is 9.59 Å². The van der Waals surface area contributed by atoms with E-state index in [1.807, 2.05) is 35.2 Å². The van der Waals surface area contributed by atoms with Gasteiger partial charge in [-0.2, -0.15) is 0 Å². The second-order valence-electron chi connectivity index (χ2n) is 7.87. The van der Waals surface area contributed by atoms with Gasteiger partial charge in [0.1, 0.15) is 11.5 Å². The molecule has 1 unspecified atom stereocenters. The van der Waals surface area contributed by atoms with Gasteiger partial charge < -0.3 is 19.7 Å². The Bertz CT molecular complexity index is 930. The quantitative estimate of drug-likeness (QED) is 0.608. The Balaban J connectivity index is 1.43. The van der Waals surface area contributed by atoms with Crippen LogP contribution in [0.25, 0.3) is 6.08 Å². The first-order valence-corrected chi connectivity index (χ1v) is 10.9. The van der Waals surface area contributed by atoms with E-state index in [-0.39, 0.29) is 11.8 Å². The van der Waals surface area contributed by atoms with Crippen LogP contribution in [0.5, 0.6) is 11.5 Å². The van der Waals surface area contributed by atoms with Crippen molar-refractivity contribution >= 4 is 17.9 Å². The van der Waals surface area contributed by atoms with Crippen LogP contribution in [0.4, 0.5) is 0 Å². The van der Waals surface area contributed by atoms with Crippen LogP contribution in [-0.2, 0) is 16.1 Å². The molecule has 32 heavy (non-hydrogen) atoms. The highest BCUT2D eigenvalue weighted by atomic mass is 16.5. The predicted molar refractivity (Wildman–Crippen MR) is 123 cm³/mol. The number of hydrogen-bond donors (Lipinski definition) is 1. The van der Waals surface area contributed by atoms with Crippen molar-refractivity contribution in [3.8, 4) is 11.5 Å². The maximum absolute atomic E-state index is 12.5. The number of piperidine rings is 1. The number of ether oxygens (including phenoxy) is 2. The largest absolute Gasteiger partial charge is 0.497 e. The molecule has 0 spiro atoms. The number of pyridine rings is 1. The summed E-state index contributed by atoms with van der Waals surface area (Å²) in [5.41, 5.74) is 1.66. The van der Waals surface area contributed by atoms with Gasteiger partial charge in [0.15, 0.2) is 0 Å². The lowest BCUT2D eigenvalue weighted by atomic mass is 9.93. The van der Waals surface area contributed by atoms with Crippen LogP contribution in [0.3, 0.4) is 0 Å². The third-order valence-electron chi connectivity index (χ3n) is 5.67. The minimum absolute atomic E-state index is 0.00127. The van der Waals surface area contributed by atoms with Crippen LogP contribution in [-0.4, -0.2) is 49.0 Å². The molecule has 1 atom stereocenters. The van der Waals surface area contributed by atoms with Gasteiger partial charge in [-0.05, 0) is 55.5 Å². The van der Waals surface area contributed by atoms with Gasteiger partial charge in [0.05, 0.1) is 19.9 Å². The van der Waals surface area contributed by atoms with Crippen LogP contribution in [0.2, 0.25) is 0 Å². The smallest absolute Gasteiger partial charge is 0.246 e. The van der Waals surface area contributed by atoms with E-state index in [4.69, 9.17) is 9.47 Å². The van der Waals surface area contributed by atoms with Gasteiger partial charge in [0.25, 0.3) is 0 Å². The van der Waals surface area contributed by atoms with Crippen molar-refractivity contribution in [2.45, 2.75) is 32.2 Å². The van der Waals surface area contributed by atoms with Crippen LogP contribution in [0.15, 0.2) is 48.7 Å². The topological polar surface area (TPSA) is 80.8 Å². The fraction of sp³-hybridized carbons (Fsp3) is 0.400. The summed E-state index contributed by atoms with van der Waals surface area (Å²) in [6, 6.07) is 11.1. The fourth-order valence-corrected chi connectivity index (χ4v) is 3.85. The number of amides is 2. The van der Waals surface area contributed by atoms with E-state index in [1.165, 1.54) is 0 Å². The van der Waals surface area contributed by atoms with Gasteiger partial charge in [-0.25, -0.2) is 0 Å². The summed E-state index contributed by atoms with van der Waals surface area (Å²) in [5, 5.41) is 2.96. The maximum Gasteiger partial charge on any atom is 0.246 e. The molecular formula is C25H31N3O4. The summed E-state index contributed by atoms with van der Waals surface area (Å²) < 4.78 is 10.6. The molecule has 3 rings (SSSR count). The van der Waals surface area contributed by atoms with Gasteiger partial charge >= 0.3 is 0 Å². The Hall–Kier alpha value is -3.35. The lowest BCUT2D eigenvalue weighted by molar-refractivity contribution is -0.127. The molecule has 1 N–H and O–H groups in total. The first-order chi connectivity index (χ1) is 15.6. The molecule has 7 nitrogen and oxygen atoms in total. The van der Waals surface area contributed by atoms with E-state index in [1.54, 1.807) is 38.6 Å². The van der Waals surface area contributed by atoms with Gasteiger partial charge in [-0.3, -0.25) is 14.6 Å². The second kappa shape index (κ2) is 11.9. The Morgan fingerprint density at radius 1 is 1.22 bits per heavy atom. The Kier molecular flexibility index (Phi) is 8.66. The molecule has 0 radical (unpaired) electrons. The average Bonchev–Trinajstić information content (AvgIpc) is 2.85. The minimum atomic E-state index is -0.00333. The summed E-state index contributed by atoms with van der Waals surface area (Å²) >= 11 is 0. The summed E-state index contributed by atoms with van der Waals surface area (Å²) in [5.74, 6) is 1.73. The van der Waals surface area contributed by atoms with Crippen LogP contribution >= 0.6 is 0 Å². The van der Waals surface area contributed by atoms with Gasteiger partial charge in [-0.1, -0.05) is 6.07 Å². The zero-order chi connectivity index (χ0) is 22.8. The minimum Gasteiger partial charge on any atom is -0.497 e. The molecular weight excluding hydrogens is 406 g/mol. The number of hydrogen-bond acceptors (Lipinski definition) is 5. The molecule has 1 aromatic heterocycles. The number of carbonyl (C=O) groups excluding carboxylic acids is 2. The third-order valence-corrected chi connectivity index (χ3v) is 5.67. The molecule has 170 valence electrons. The maximum atomic E-state index is 12.5. The number of nitrogens with one attached hydrogen (secondary N) is 1. The molecule has 1 fully saturated rings. The molecule has 7 heteroatoms. The van der Waals surface area contributed by atoms with E-state index >= 15 is 0 Å². The number of methoxy groups -OCH3 is 2. The molecule has 0 saturated carbocycles. The number of likely N-dealkylation sites (tertiary alicyclic amines) is 1. The highest BCUT2D eigenvalue weighted by molar-refractivity contribution is 5.91. The van der Waals surface area contributed by atoms with Crippen molar-refractivity contribution in [2.75, 3.05) is 27.3 Å². The number of rotatable bonds is 9. The highest BCUT2D eigenvalue weighted by Gasteiger charge is 2.23. The molecule has 1 aliphatic heterocycles. The zero-order valence-corrected chi connectivity index (χ0v) is 18.8. The third kappa shape index (κ3) is 6.83. The lowest BCUT2D eigenvalue weighted by Gasteiger charge is -2.32. The molecule has 0 bridgehead atoms. The number of aromatic nitrogens is 1. The van der Waals surface area contributed by atoms with Crippen molar-refractivity contribution in [3.05, 3.63) is 59.9 Å².